The quantitative estimate of drug-likeness (QED) is 0.575. The summed E-state index contributed by atoms with van der Waals surface area (Å²) < 4.78 is 0. The second kappa shape index (κ2) is 7.84. The zero-order valence-corrected chi connectivity index (χ0v) is 15.0. The summed E-state index contributed by atoms with van der Waals surface area (Å²) >= 11 is 0. The molecule has 1 aliphatic heterocycles. The molecular formula is C18H25N3O5. The van der Waals surface area contributed by atoms with E-state index in [1.54, 1.807) is 6.92 Å². The molecule has 1 fully saturated rings. The standard InChI is InChI=1S/C18H25N3O5/c1-3-11(2)16(24)20-13-8-12(17(25)26)4-5-14(13)21-15(23)6-7-18(21,9-19)10-22/h4-5,8,11,22H,3,6-7,9-10,19H2,1-2H3,(H,20,24)(H,25,26). The molecule has 5 N–H and O–H groups in total. The number of aliphatic hydroxyl groups is 1. The van der Waals surface area contributed by atoms with Gasteiger partial charge in [0.05, 0.1) is 29.1 Å². The second-order valence-corrected chi connectivity index (χ2v) is 6.65. The number of nitrogens with one attached hydrogen (secondary N) is 1. The lowest BCUT2D eigenvalue weighted by Crippen LogP contribution is -2.54. The van der Waals surface area contributed by atoms with Gasteiger partial charge < -0.3 is 26.2 Å². The first-order chi connectivity index (χ1) is 12.3. The molecule has 1 saturated heterocycles. The second-order valence-electron chi connectivity index (χ2n) is 6.65. The highest BCUT2D eigenvalue weighted by molar-refractivity contribution is 6.05. The van der Waals surface area contributed by atoms with Gasteiger partial charge >= 0.3 is 5.97 Å². The first kappa shape index (κ1) is 19.9. The van der Waals surface area contributed by atoms with Gasteiger partial charge in [-0.05, 0) is 31.0 Å². The van der Waals surface area contributed by atoms with Crippen molar-refractivity contribution in [2.45, 2.75) is 38.6 Å². The van der Waals surface area contributed by atoms with Crippen LogP contribution in [0.25, 0.3) is 0 Å². The van der Waals surface area contributed by atoms with E-state index in [0.717, 1.165) is 0 Å². The molecule has 2 unspecified atom stereocenters. The Labute approximate surface area is 152 Å². The average Bonchev–Trinajstić information content (AvgIpc) is 2.97. The molecule has 0 spiro atoms. The van der Waals surface area contributed by atoms with Gasteiger partial charge in [-0.1, -0.05) is 13.8 Å². The maximum Gasteiger partial charge on any atom is 0.335 e. The summed E-state index contributed by atoms with van der Waals surface area (Å²) in [4.78, 5) is 37.5. The van der Waals surface area contributed by atoms with Gasteiger partial charge in [-0.15, -0.1) is 0 Å². The minimum atomic E-state index is -1.14. The topological polar surface area (TPSA) is 133 Å². The van der Waals surface area contributed by atoms with Crippen LogP contribution >= 0.6 is 0 Å². The number of anilines is 2. The maximum absolute atomic E-state index is 12.5. The number of nitrogens with two attached hydrogens (primary N) is 1. The van der Waals surface area contributed by atoms with Crippen molar-refractivity contribution in [3.8, 4) is 0 Å². The SMILES string of the molecule is CCC(C)C(=O)Nc1cc(C(=O)O)ccc1N1C(=O)CCC1(CN)CO. The van der Waals surface area contributed by atoms with Crippen molar-refractivity contribution in [2.75, 3.05) is 23.4 Å². The average molecular weight is 363 g/mol. The van der Waals surface area contributed by atoms with Gasteiger partial charge in [0.15, 0.2) is 0 Å². The highest BCUT2D eigenvalue weighted by atomic mass is 16.4. The molecular weight excluding hydrogens is 338 g/mol. The molecule has 8 heteroatoms. The van der Waals surface area contributed by atoms with Crippen LogP contribution in [0.15, 0.2) is 18.2 Å². The molecule has 0 radical (unpaired) electrons. The number of aromatic carboxylic acids is 1. The number of carbonyl (C=O) groups excluding carboxylic acids is 2. The molecule has 2 atom stereocenters. The number of aliphatic hydroxyl groups excluding tert-OH is 1. The highest BCUT2D eigenvalue weighted by Crippen LogP contribution is 2.39. The lowest BCUT2D eigenvalue weighted by atomic mass is 9.96. The number of amides is 2. The molecule has 8 nitrogen and oxygen atoms in total. The number of hydrogen-bond acceptors (Lipinski definition) is 5. The Bertz CT molecular complexity index is 715. The van der Waals surface area contributed by atoms with E-state index in [0.29, 0.717) is 18.5 Å². The van der Waals surface area contributed by atoms with E-state index in [4.69, 9.17) is 5.73 Å². The molecule has 1 aliphatic rings. The van der Waals surface area contributed by atoms with Crippen LogP contribution < -0.4 is 16.0 Å². The number of hydrogen-bond donors (Lipinski definition) is 4. The van der Waals surface area contributed by atoms with Crippen molar-refractivity contribution in [1.29, 1.82) is 0 Å². The van der Waals surface area contributed by atoms with Crippen LogP contribution in [0.3, 0.4) is 0 Å². The zero-order chi connectivity index (χ0) is 19.5. The molecule has 1 aromatic carbocycles. The Kier molecular flexibility index (Phi) is 5.99. The fourth-order valence-electron chi connectivity index (χ4n) is 3.03. The summed E-state index contributed by atoms with van der Waals surface area (Å²) in [5, 5.41) is 21.8. The Balaban J connectivity index is 2.54. The molecule has 26 heavy (non-hydrogen) atoms. The first-order valence-electron chi connectivity index (χ1n) is 8.61. The third-order valence-corrected chi connectivity index (χ3v) is 5.00. The molecule has 1 heterocycles. The zero-order valence-electron chi connectivity index (χ0n) is 15.0. The Hall–Kier alpha value is -2.45. The minimum absolute atomic E-state index is 0.0119. The van der Waals surface area contributed by atoms with E-state index < -0.39 is 11.5 Å². The summed E-state index contributed by atoms with van der Waals surface area (Å²) in [6.07, 6.45) is 1.22. The fourth-order valence-corrected chi connectivity index (χ4v) is 3.03. The normalized spacial score (nSPS) is 20.9. The van der Waals surface area contributed by atoms with Crippen molar-refractivity contribution in [3.05, 3.63) is 23.8 Å². The van der Waals surface area contributed by atoms with Gasteiger partial charge in [-0.3, -0.25) is 9.59 Å². The lowest BCUT2D eigenvalue weighted by Gasteiger charge is -2.37. The summed E-state index contributed by atoms with van der Waals surface area (Å²) in [5.74, 6) is -1.92. The Morgan fingerprint density at radius 2 is 2.12 bits per heavy atom. The smallest absolute Gasteiger partial charge is 0.335 e. The first-order valence-corrected chi connectivity index (χ1v) is 8.61. The van der Waals surface area contributed by atoms with Gasteiger partial charge in [0.25, 0.3) is 0 Å². The van der Waals surface area contributed by atoms with Crippen molar-refractivity contribution in [3.63, 3.8) is 0 Å². The van der Waals surface area contributed by atoms with Crippen LogP contribution in [0.2, 0.25) is 0 Å². The van der Waals surface area contributed by atoms with Crippen molar-refractivity contribution >= 4 is 29.2 Å². The summed E-state index contributed by atoms with van der Waals surface area (Å²) in [6, 6.07) is 4.15. The number of carbonyl (C=O) groups is 3. The van der Waals surface area contributed by atoms with Crippen LogP contribution in [0.4, 0.5) is 11.4 Å². The van der Waals surface area contributed by atoms with Crippen molar-refractivity contribution < 1.29 is 24.6 Å². The molecule has 142 valence electrons. The maximum atomic E-state index is 12.5. The Morgan fingerprint density at radius 1 is 1.42 bits per heavy atom. The minimum Gasteiger partial charge on any atom is -0.478 e. The van der Waals surface area contributed by atoms with E-state index in [-0.39, 0.29) is 48.6 Å². The molecule has 1 aromatic rings. The van der Waals surface area contributed by atoms with Crippen LogP contribution in [-0.4, -0.2) is 46.7 Å². The van der Waals surface area contributed by atoms with Crippen LogP contribution in [0.5, 0.6) is 0 Å². The van der Waals surface area contributed by atoms with Crippen LogP contribution in [0.1, 0.15) is 43.5 Å². The van der Waals surface area contributed by atoms with Gasteiger partial charge in [-0.25, -0.2) is 4.79 Å². The van der Waals surface area contributed by atoms with Crippen LogP contribution in [-0.2, 0) is 9.59 Å². The van der Waals surface area contributed by atoms with E-state index in [2.05, 4.69) is 5.32 Å². The van der Waals surface area contributed by atoms with Crippen molar-refractivity contribution in [1.82, 2.24) is 0 Å². The predicted octanol–water partition coefficient (Wildman–Crippen LogP) is 1.19. The third kappa shape index (κ3) is 3.56. The van der Waals surface area contributed by atoms with Gasteiger partial charge in [0.2, 0.25) is 11.8 Å². The number of benzene rings is 1. The third-order valence-electron chi connectivity index (χ3n) is 5.00. The molecule has 0 aliphatic carbocycles. The highest BCUT2D eigenvalue weighted by Gasteiger charge is 2.45. The van der Waals surface area contributed by atoms with Crippen LogP contribution in [0, 0.1) is 5.92 Å². The summed E-state index contributed by atoms with van der Waals surface area (Å²) in [5.41, 5.74) is 5.42. The lowest BCUT2D eigenvalue weighted by molar-refractivity contribution is -0.119. The number of carboxylic acid groups (broad SMARTS) is 1. The number of nitrogens with zero attached hydrogens (tertiary/aromatic N) is 1. The fraction of sp³-hybridized carbons (Fsp3) is 0.500. The van der Waals surface area contributed by atoms with E-state index in [1.165, 1.54) is 23.1 Å². The molecule has 0 aromatic heterocycles. The summed E-state index contributed by atoms with van der Waals surface area (Å²) in [7, 11) is 0. The van der Waals surface area contributed by atoms with Gasteiger partial charge in [0, 0.05) is 18.9 Å². The van der Waals surface area contributed by atoms with E-state index >= 15 is 0 Å². The summed E-state index contributed by atoms with van der Waals surface area (Å²) in [6.45, 7) is 3.35. The van der Waals surface area contributed by atoms with E-state index in [1.807, 2.05) is 6.92 Å². The monoisotopic (exact) mass is 363 g/mol. The molecule has 0 bridgehead atoms. The van der Waals surface area contributed by atoms with E-state index in [9.17, 15) is 24.6 Å². The van der Waals surface area contributed by atoms with Gasteiger partial charge in [-0.2, -0.15) is 0 Å². The molecule has 2 amide bonds. The molecule has 2 rings (SSSR count). The predicted molar refractivity (Wildman–Crippen MR) is 97.1 cm³/mol. The largest absolute Gasteiger partial charge is 0.478 e. The van der Waals surface area contributed by atoms with Crippen molar-refractivity contribution in [2.24, 2.45) is 11.7 Å². The van der Waals surface area contributed by atoms with Gasteiger partial charge in [0.1, 0.15) is 0 Å². The molecule has 0 saturated carbocycles. The Morgan fingerprint density at radius 3 is 2.65 bits per heavy atom. The number of carboxylic acids is 1. The number of rotatable bonds is 7.